The molecule has 0 spiro atoms. The Bertz CT molecular complexity index is 997. The van der Waals surface area contributed by atoms with Crippen molar-refractivity contribution in [3.8, 4) is 10.4 Å². The molecule has 1 fully saturated rings. The van der Waals surface area contributed by atoms with Crippen LogP contribution in [-0.4, -0.2) is 49.2 Å². The van der Waals surface area contributed by atoms with Crippen molar-refractivity contribution in [2.45, 2.75) is 26.2 Å². The van der Waals surface area contributed by atoms with Crippen LogP contribution in [0, 0.1) is 12.8 Å². The molecule has 3 heterocycles. The molecule has 0 radical (unpaired) electrons. The number of fused-ring (bicyclic) bond motifs is 1. The van der Waals surface area contributed by atoms with Gasteiger partial charge >= 0.3 is 0 Å². The van der Waals surface area contributed by atoms with E-state index in [1.165, 1.54) is 10.4 Å². The fourth-order valence-corrected chi connectivity index (χ4v) is 5.00. The number of methoxy groups -OCH3 is 1. The number of nitrogens with one attached hydrogen (secondary N) is 1. The molecule has 1 aliphatic rings. The zero-order valence-corrected chi connectivity index (χ0v) is 18.4. The van der Waals surface area contributed by atoms with Crippen LogP contribution in [0.15, 0.2) is 36.4 Å². The standard InChI is InChI=1S/C23H28N4O2S/c1-16-25-21(19-15-20(30-23(19)26-16)17-7-4-3-5-8-17)27-12-9-18(10-13-27)22(28)24-11-6-14-29-2/h3-5,7-8,15,18H,6,9-14H2,1-2H3,(H,24,28). The number of ether oxygens (including phenoxy) is 1. The third-order valence-corrected chi connectivity index (χ3v) is 6.61. The van der Waals surface area contributed by atoms with Gasteiger partial charge in [-0.1, -0.05) is 30.3 Å². The molecule has 0 saturated carbocycles. The first-order chi connectivity index (χ1) is 14.7. The van der Waals surface area contributed by atoms with Crippen LogP contribution in [0.1, 0.15) is 25.1 Å². The minimum Gasteiger partial charge on any atom is -0.385 e. The smallest absolute Gasteiger partial charge is 0.223 e. The average molecular weight is 425 g/mol. The van der Waals surface area contributed by atoms with Crippen molar-refractivity contribution in [1.82, 2.24) is 15.3 Å². The Balaban J connectivity index is 1.47. The van der Waals surface area contributed by atoms with Gasteiger partial charge in [0, 0.05) is 44.1 Å². The highest BCUT2D eigenvalue weighted by molar-refractivity contribution is 7.21. The van der Waals surface area contributed by atoms with Gasteiger partial charge in [-0.05, 0) is 37.8 Å². The number of anilines is 1. The molecule has 6 nitrogen and oxygen atoms in total. The van der Waals surface area contributed by atoms with E-state index in [2.05, 4.69) is 45.5 Å². The number of benzene rings is 1. The predicted molar refractivity (Wildman–Crippen MR) is 122 cm³/mol. The van der Waals surface area contributed by atoms with Gasteiger partial charge in [0.2, 0.25) is 5.91 Å². The van der Waals surface area contributed by atoms with Crippen LogP contribution < -0.4 is 10.2 Å². The second-order valence-corrected chi connectivity index (χ2v) is 8.72. The van der Waals surface area contributed by atoms with Crippen molar-refractivity contribution in [3.63, 3.8) is 0 Å². The van der Waals surface area contributed by atoms with E-state index in [-0.39, 0.29) is 11.8 Å². The summed E-state index contributed by atoms with van der Waals surface area (Å²) >= 11 is 1.71. The molecule has 158 valence electrons. The van der Waals surface area contributed by atoms with Gasteiger partial charge in [-0.2, -0.15) is 0 Å². The van der Waals surface area contributed by atoms with Crippen molar-refractivity contribution < 1.29 is 9.53 Å². The summed E-state index contributed by atoms with van der Waals surface area (Å²) in [4.78, 5) is 26.4. The molecule has 30 heavy (non-hydrogen) atoms. The van der Waals surface area contributed by atoms with Gasteiger partial charge in [-0.3, -0.25) is 4.79 Å². The molecule has 3 aromatic rings. The van der Waals surface area contributed by atoms with Gasteiger partial charge in [0.15, 0.2) is 0 Å². The van der Waals surface area contributed by atoms with E-state index in [0.29, 0.717) is 13.2 Å². The maximum atomic E-state index is 12.4. The van der Waals surface area contributed by atoms with Gasteiger partial charge in [0.1, 0.15) is 16.5 Å². The van der Waals surface area contributed by atoms with E-state index >= 15 is 0 Å². The number of piperidine rings is 1. The fourth-order valence-electron chi connectivity index (χ4n) is 3.92. The zero-order valence-electron chi connectivity index (χ0n) is 17.6. The lowest BCUT2D eigenvalue weighted by atomic mass is 9.95. The lowest BCUT2D eigenvalue weighted by molar-refractivity contribution is -0.125. The van der Waals surface area contributed by atoms with Crippen molar-refractivity contribution in [1.29, 1.82) is 0 Å². The zero-order chi connectivity index (χ0) is 20.9. The molecular formula is C23H28N4O2S. The van der Waals surface area contributed by atoms with E-state index in [9.17, 15) is 4.79 Å². The Morgan fingerprint density at radius 2 is 2.00 bits per heavy atom. The first-order valence-corrected chi connectivity index (χ1v) is 11.3. The third-order valence-electron chi connectivity index (χ3n) is 5.53. The molecule has 0 unspecified atom stereocenters. The maximum absolute atomic E-state index is 12.4. The summed E-state index contributed by atoms with van der Waals surface area (Å²) in [6, 6.07) is 12.6. The second kappa shape index (κ2) is 9.53. The van der Waals surface area contributed by atoms with Crippen molar-refractivity contribution in [2.75, 3.05) is 38.3 Å². The normalized spacial score (nSPS) is 14.9. The highest BCUT2D eigenvalue weighted by atomic mass is 32.1. The molecule has 1 saturated heterocycles. The van der Waals surface area contributed by atoms with Crippen molar-refractivity contribution >= 4 is 33.3 Å². The van der Waals surface area contributed by atoms with Gasteiger partial charge in [0.05, 0.1) is 5.39 Å². The Morgan fingerprint density at radius 3 is 2.73 bits per heavy atom. The number of nitrogens with zero attached hydrogens (tertiary/aromatic N) is 3. The average Bonchev–Trinajstić information content (AvgIpc) is 3.21. The van der Waals surface area contributed by atoms with Crippen molar-refractivity contribution in [2.24, 2.45) is 5.92 Å². The SMILES string of the molecule is COCCCNC(=O)C1CCN(c2nc(C)nc3sc(-c4ccccc4)cc23)CC1. The number of hydrogen-bond acceptors (Lipinski definition) is 6. The van der Waals surface area contributed by atoms with E-state index in [1.54, 1.807) is 18.4 Å². The summed E-state index contributed by atoms with van der Waals surface area (Å²) in [7, 11) is 1.68. The molecule has 1 N–H and O–H groups in total. The summed E-state index contributed by atoms with van der Waals surface area (Å²) in [6.45, 7) is 4.96. The first-order valence-electron chi connectivity index (χ1n) is 10.5. The topological polar surface area (TPSA) is 67.3 Å². The Morgan fingerprint density at radius 1 is 1.23 bits per heavy atom. The van der Waals surface area contributed by atoms with Crippen LogP contribution in [0.25, 0.3) is 20.7 Å². The Kier molecular flexibility index (Phi) is 6.59. The molecule has 1 amide bonds. The van der Waals surface area contributed by atoms with Crippen LogP contribution in [0.3, 0.4) is 0 Å². The highest BCUT2D eigenvalue weighted by Crippen LogP contribution is 2.37. The number of hydrogen-bond donors (Lipinski definition) is 1. The minimum absolute atomic E-state index is 0.0737. The summed E-state index contributed by atoms with van der Waals surface area (Å²) < 4.78 is 5.04. The van der Waals surface area contributed by atoms with Gasteiger partial charge in [-0.15, -0.1) is 11.3 Å². The Labute approximate surface area is 181 Å². The quantitative estimate of drug-likeness (QED) is 0.580. The number of carbonyl (C=O) groups is 1. The third kappa shape index (κ3) is 4.63. The second-order valence-electron chi connectivity index (χ2n) is 7.69. The predicted octanol–water partition coefficient (Wildman–Crippen LogP) is 4.04. The number of carbonyl (C=O) groups excluding carboxylic acids is 1. The van der Waals surface area contributed by atoms with E-state index in [0.717, 1.165) is 54.2 Å². The van der Waals surface area contributed by atoms with Crippen LogP contribution in [0.2, 0.25) is 0 Å². The van der Waals surface area contributed by atoms with Gasteiger partial charge in [0.25, 0.3) is 0 Å². The van der Waals surface area contributed by atoms with Crippen LogP contribution in [0.5, 0.6) is 0 Å². The maximum Gasteiger partial charge on any atom is 0.223 e. The first kappa shape index (κ1) is 20.8. The number of thiophene rings is 1. The molecule has 1 aromatic carbocycles. The van der Waals surface area contributed by atoms with Crippen LogP contribution >= 0.6 is 11.3 Å². The molecule has 1 aliphatic heterocycles. The van der Waals surface area contributed by atoms with E-state index in [1.807, 2.05) is 13.0 Å². The fraction of sp³-hybridized carbons (Fsp3) is 0.435. The number of aryl methyl sites for hydroxylation is 1. The molecule has 0 bridgehead atoms. The van der Waals surface area contributed by atoms with Gasteiger partial charge < -0.3 is 15.0 Å². The lowest BCUT2D eigenvalue weighted by Gasteiger charge is -2.32. The summed E-state index contributed by atoms with van der Waals surface area (Å²) in [5, 5.41) is 4.14. The molecule has 2 aromatic heterocycles. The Hall–Kier alpha value is -2.51. The summed E-state index contributed by atoms with van der Waals surface area (Å²) in [6.07, 6.45) is 2.54. The molecule has 7 heteroatoms. The molecule has 0 atom stereocenters. The van der Waals surface area contributed by atoms with Crippen molar-refractivity contribution in [3.05, 3.63) is 42.2 Å². The number of amides is 1. The lowest BCUT2D eigenvalue weighted by Crippen LogP contribution is -2.41. The largest absolute Gasteiger partial charge is 0.385 e. The monoisotopic (exact) mass is 424 g/mol. The highest BCUT2D eigenvalue weighted by Gasteiger charge is 2.27. The molecule has 0 aliphatic carbocycles. The van der Waals surface area contributed by atoms with E-state index < -0.39 is 0 Å². The number of rotatable bonds is 7. The van der Waals surface area contributed by atoms with Crippen LogP contribution in [0.4, 0.5) is 5.82 Å². The summed E-state index contributed by atoms with van der Waals surface area (Å²) in [5.41, 5.74) is 1.20. The van der Waals surface area contributed by atoms with Gasteiger partial charge in [-0.25, -0.2) is 9.97 Å². The number of aromatic nitrogens is 2. The molecular weight excluding hydrogens is 396 g/mol. The summed E-state index contributed by atoms with van der Waals surface area (Å²) in [5.74, 6) is 2.02. The van der Waals surface area contributed by atoms with Crippen LogP contribution in [-0.2, 0) is 9.53 Å². The molecule has 4 rings (SSSR count). The van der Waals surface area contributed by atoms with E-state index in [4.69, 9.17) is 9.72 Å². The minimum atomic E-state index is 0.0737.